The molecule has 3 rings (SSSR count). The summed E-state index contributed by atoms with van der Waals surface area (Å²) >= 11 is 0. The molecule has 0 aromatic heterocycles. The van der Waals surface area contributed by atoms with Crippen LogP contribution in [0, 0.1) is 5.92 Å². The molecule has 1 aliphatic heterocycles. The summed E-state index contributed by atoms with van der Waals surface area (Å²) in [7, 11) is 0. The second-order valence-corrected chi connectivity index (χ2v) is 7.20. The number of nitrogens with two attached hydrogens (primary N) is 1. The summed E-state index contributed by atoms with van der Waals surface area (Å²) in [6.07, 6.45) is 4.78. The number of carbonyl (C=O) groups excluding carboxylic acids is 1. The zero-order valence-electron chi connectivity index (χ0n) is 15.8. The summed E-state index contributed by atoms with van der Waals surface area (Å²) in [6, 6.07) is 18.2. The maximum Gasteiger partial charge on any atom is 0.248 e. The highest BCUT2D eigenvalue weighted by atomic mass is 35.5. The third-order valence-electron chi connectivity index (χ3n) is 5.22. The molecule has 3 N–H and O–H groups in total. The fraction of sp³-hybridized carbons (Fsp3) is 0.409. The number of para-hydroxylation sites is 1. The molecule has 0 saturated carbocycles. The second kappa shape index (κ2) is 11.0. The van der Waals surface area contributed by atoms with E-state index in [2.05, 4.69) is 34.5 Å². The molecule has 1 amide bonds. The zero-order valence-corrected chi connectivity index (χ0v) is 16.6. The Bertz CT molecular complexity index is 682. The Kier molecular flexibility index (Phi) is 8.62. The number of hydrogen-bond donors (Lipinski definition) is 2. The van der Waals surface area contributed by atoms with Crippen molar-refractivity contribution in [2.75, 3.05) is 31.5 Å². The first-order valence-electron chi connectivity index (χ1n) is 9.61. The van der Waals surface area contributed by atoms with Crippen molar-refractivity contribution in [3.63, 3.8) is 0 Å². The van der Waals surface area contributed by atoms with E-state index in [-0.39, 0.29) is 18.3 Å². The third-order valence-corrected chi connectivity index (χ3v) is 5.22. The van der Waals surface area contributed by atoms with Gasteiger partial charge in [-0.2, -0.15) is 0 Å². The van der Waals surface area contributed by atoms with E-state index in [0.717, 1.165) is 18.9 Å². The second-order valence-electron chi connectivity index (χ2n) is 7.20. The number of piperidine rings is 1. The fourth-order valence-corrected chi connectivity index (χ4v) is 3.64. The van der Waals surface area contributed by atoms with Gasteiger partial charge < -0.3 is 16.0 Å². The van der Waals surface area contributed by atoms with Gasteiger partial charge in [-0.1, -0.05) is 30.3 Å². The van der Waals surface area contributed by atoms with Crippen LogP contribution < -0.4 is 11.1 Å². The van der Waals surface area contributed by atoms with Crippen LogP contribution in [-0.4, -0.2) is 37.0 Å². The molecule has 146 valence electrons. The minimum atomic E-state index is -0.355. The van der Waals surface area contributed by atoms with Gasteiger partial charge in [-0.25, -0.2) is 0 Å². The van der Waals surface area contributed by atoms with Crippen molar-refractivity contribution in [1.82, 2.24) is 4.90 Å². The van der Waals surface area contributed by atoms with Crippen LogP contribution >= 0.6 is 12.4 Å². The number of likely N-dealkylation sites (tertiary alicyclic amines) is 1. The number of hydrogen-bond acceptors (Lipinski definition) is 3. The molecule has 0 unspecified atom stereocenters. The maximum atomic E-state index is 11.1. The predicted molar refractivity (Wildman–Crippen MR) is 115 cm³/mol. The summed E-state index contributed by atoms with van der Waals surface area (Å²) in [5, 5.41) is 3.48. The predicted octanol–water partition coefficient (Wildman–Crippen LogP) is 3.96. The van der Waals surface area contributed by atoms with Gasteiger partial charge in [-0.15, -0.1) is 12.4 Å². The molecule has 2 aromatic rings. The van der Waals surface area contributed by atoms with Crippen molar-refractivity contribution in [2.24, 2.45) is 11.7 Å². The molecular weight excluding hydrogens is 358 g/mol. The van der Waals surface area contributed by atoms with Crippen LogP contribution in [0.2, 0.25) is 0 Å². The summed E-state index contributed by atoms with van der Waals surface area (Å²) < 4.78 is 0. The van der Waals surface area contributed by atoms with Crippen LogP contribution in [0.3, 0.4) is 0 Å². The van der Waals surface area contributed by atoms with E-state index in [1.807, 2.05) is 30.3 Å². The van der Waals surface area contributed by atoms with E-state index in [0.29, 0.717) is 5.56 Å². The van der Waals surface area contributed by atoms with E-state index in [1.54, 1.807) is 0 Å². The SMILES string of the molecule is Cl.NC(=O)c1ccc(CC2CCN(CCCNc3ccccc3)CC2)cc1. The van der Waals surface area contributed by atoms with Crippen molar-refractivity contribution < 1.29 is 4.79 Å². The number of rotatable bonds is 8. The Morgan fingerprint density at radius 2 is 1.70 bits per heavy atom. The molecular formula is C22H30ClN3O. The number of amides is 1. The summed E-state index contributed by atoms with van der Waals surface area (Å²) in [4.78, 5) is 13.7. The molecule has 0 bridgehead atoms. The van der Waals surface area contributed by atoms with E-state index in [9.17, 15) is 4.79 Å². The van der Waals surface area contributed by atoms with Crippen molar-refractivity contribution in [1.29, 1.82) is 0 Å². The Labute approximate surface area is 168 Å². The average molecular weight is 388 g/mol. The Hall–Kier alpha value is -2.04. The molecule has 2 aromatic carbocycles. The van der Waals surface area contributed by atoms with Crippen LogP contribution in [0.25, 0.3) is 0 Å². The Balaban J connectivity index is 0.00000261. The first kappa shape index (κ1) is 21.3. The molecule has 5 heteroatoms. The lowest BCUT2D eigenvalue weighted by molar-refractivity contribution is 0.100. The van der Waals surface area contributed by atoms with Crippen LogP contribution in [0.15, 0.2) is 54.6 Å². The van der Waals surface area contributed by atoms with E-state index in [4.69, 9.17) is 5.73 Å². The molecule has 0 spiro atoms. The molecule has 1 heterocycles. The lowest BCUT2D eigenvalue weighted by atomic mass is 9.90. The number of primary amides is 1. The molecule has 0 aliphatic carbocycles. The molecule has 1 aliphatic rings. The van der Waals surface area contributed by atoms with Gasteiger partial charge in [-0.3, -0.25) is 4.79 Å². The average Bonchev–Trinajstić information content (AvgIpc) is 2.68. The Morgan fingerprint density at radius 3 is 2.33 bits per heavy atom. The molecule has 0 atom stereocenters. The van der Waals surface area contributed by atoms with Crippen LogP contribution in [0.5, 0.6) is 0 Å². The van der Waals surface area contributed by atoms with Gasteiger partial charge in [-0.05, 0) is 81.1 Å². The van der Waals surface area contributed by atoms with Gasteiger partial charge in [0.2, 0.25) is 5.91 Å². The molecule has 0 radical (unpaired) electrons. The van der Waals surface area contributed by atoms with Crippen molar-refractivity contribution >= 4 is 24.0 Å². The normalized spacial score (nSPS) is 15.1. The maximum absolute atomic E-state index is 11.1. The van der Waals surface area contributed by atoms with Crippen LogP contribution in [0.4, 0.5) is 5.69 Å². The Morgan fingerprint density at radius 1 is 1.04 bits per heavy atom. The van der Waals surface area contributed by atoms with Gasteiger partial charge in [0.25, 0.3) is 0 Å². The minimum Gasteiger partial charge on any atom is -0.385 e. The quantitative estimate of drug-likeness (QED) is 0.674. The first-order chi connectivity index (χ1) is 12.7. The smallest absolute Gasteiger partial charge is 0.248 e. The van der Waals surface area contributed by atoms with Crippen LogP contribution in [-0.2, 0) is 6.42 Å². The van der Waals surface area contributed by atoms with Crippen molar-refractivity contribution in [3.05, 3.63) is 65.7 Å². The number of benzene rings is 2. The summed E-state index contributed by atoms with van der Waals surface area (Å²) in [6.45, 7) is 4.57. The lowest BCUT2D eigenvalue weighted by Crippen LogP contribution is -2.35. The van der Waals surface area contributed by atoms with E-state index in [1.165, 1.54) is 50.1 Å². The zero-order chi connectivity index (χ0) is 18.2. The standard InChI is InChI=1S/C22H29N3O.ClH/c23-22(26)20-9-7-18(8-10-20)17-19-11-15-25(16-12-19)14-4-13-24-21-5-2-1-3-6-21;/h1-3,5-10,19,24H,4,11-17H2,(H2,23,26);1H. The van der Waals surface area contributed by atoms with Crippen LogP contribution in [0.1, 0.15) is 35.2 Å². The van der Waals surface area contributed by atoms with E-state index >= 15 is 0 Å². The molecule has 1 fully saturated rings. The monoisotopic (exact) mass is 387 g/mol. The summed E-state index contributed by atoms with van der Waals surface area (Å²) in [5.41, 5.74) is 8.40. The number of nitrogens with zero attached hydrogens (tertiary/aromatic N) is 1. The minimum absolute atomic E-state index is 0. The third kappa shape index (κ3) is 6.89. The number of carbonyl (C=O) groups is 1. The highest BCUT2D eigenvalue weighted by Crippen LogP contribution is 2.22. The first-order valence-corrected chi connectivity index (χ1v) is 9.61. The van der Waals surface area contributed by atoms with Gasteiger partial charge in [0.1, 0.15) is 0 Å². The van der Waals surface area contributed by atoms with Gasteiger partial charge in [0, 0.05) is 17.8 Å². The highest BCUT2D eigenvalue weighted by molar-refractivity contribution is 5.92. The highest BCUT2D eigenvalue weighted by Gasteiger charge is 2.19. The van der Waals surface area contributed by atoms with Gasteiger partial charge >= 0.3 is 0 Å². The topological polar surface area (TPSA) is 58.4 Å². The van der Waals surface area contributed by atoms with Crippen molar-refractivity contribution in [2.45, 2.75) is 25.7 Å². The largest absolute Gasteiger partial charge is 0.385 e. The molecule has 4 nitrogen and oxygen atoms in total. The lowest BCUT2D eigenvalue weighted by Gasteiger charge is -2.32. The van der Waals surface area contributed by atoms with Crippen molar-refractivity contribution in [3.8, 4) is 0 Å². The van der Waals surface area contributed by atoms with Gasteiger partial charge in [0.05, 0.1) is 0 Å². The number of halogens is 1. The van der Waals surface area contributed by atoms with Gasteiger partial charge in [0.15, 0.2) is 0 Å². The summed E-state index contributed by atoms with van der Waals surface area (Å²) in [5.74, 6) is 0.389. The molecule has 27 heavy (non-hydrogen) atoms. The fourth-order valence-electron chi connectivity index (χ4n) is 3.64. The van der Waals surface area contributed by atoms with E-state index < -0.39 is 0 Å². The number of nitrogens with one attached hydrogen (secondary N) is 1. The molecule has 1 saturated heterocycles. The number of anilines is 1.